The van der Waals surface area contributed by atoms with Gasteiger partial charge in [-0.2, -0.15) is 5.10 Å². The highest BCUT2D eigenvalue weighted by Gasteiger charge is 2.31. The van der Waals surface area contributed by atoms with E-state index in [4.69, 9.17) is 9.72 Å². The number of benzene rings is 2. The summed E-state index contributed by atoms with van der Waals surface area (Å²) in [5, 5.41) is 8.68. The van der Waals surface area contributed by atoms with Crippen LogP contribution in [0.4, 0.5) is 5.69 Å². The van der Waals surface area contributed by atoms with Gasteiger partial charge in [0.15, 0.2) is 5.82 Å². The molecule has 3 saturated heterocycles. The lowest BCUT2D eigenvalue weighted by atomic mass is 9.97. The molecule has 0 aliphatic carbocycles. The average Bonchev–Trinajstić information content (AvgIpc) is 3.72. The van der Waals surface area contributed by atoms with Crippen LogP contribution in [0.1, 0.15) is 38.5 Å². The van der Waals surface area contributed by atoms with E-state index >= 15 is 0 Å². The number of imidazole rings is 1. The van der Waals surface area contributed by atoms with Crippen LogP contribution in [0, 0.1) is 0 Å². The molecule has 0 radical (unpaired) electrons. The molecule has 0 amide bonds. The molecule has 194 valence electrons. The highest BCUT2D eigenvalue weighted by molar-refractivity contribution is 5.94. The molecule has 2 aromatic carbocycles. The van der Waals surface area contributed by atoms with Crippen molar-refractivity contribution in [3.8, 4) is 17.3 Å². The second-order valence-electron chi connectivity index (χ2n) is 11.0. The first-order chi connectivity index (χ1) is 18.2. The van der Waals surface area contributed by atoms with Gasteiger partial charge in [0, 0.05) is 42.3 Å². The number of piperidine rings is 2. The molecule has 0 saturated carbocycles. The van der Waals surface area contributed by atoms with E-state index in [2.05, 4.69) is 48.1 Å². The number of aromatic amines is 2. The lowest BCUT2D eigenvalue weighted by molar-refractivity contribution is 0.0859. The molecule has 8 heteroatoms. The Kier molecular flexibility index (Phi) is 6.01. The third-order valence-electron chi connectivity index (χ3n) is 8.96. The van der Waals surface area contributed by atoms with Crippen molar-refractivity contribution in [1.82, 2.24) is 30.0 Å². The maximum atomic E-state index is 5.34. The number of rotatable bonds is 5. The van der Waals surface area contributed by atoms with E-state index in [-0.39, 0.29) is 0 Å². The molecule has 0 unspecified atom stereocenters. The number of hydrogen-bond donors (Lipinski definition) is 2. The number of fused-ring (bicyclic) bond motifs is 2. The average molecular weight is 500 g/mol. The minimum atomic E-state index is 0.741. The minimum absolute atomic E-state index is 0.741. The fraction of sp³-hybridized carbons (Fsp3) is 0.517. The van der Waals surface area contributed by atoms with Gasteiger partial charge in [-0.05, 0) is 95.0 Å². The highest BCUT2D eigenvalue weighted by Crippen LogP contribution is 2.31. The summed E-state index contributed by atoms with van der Waals surface area (Å²) in [6, 6.07) is 14.2. The molecule has 3 aliphatic rings. The van der Waals surface area contributed by atoms with Gasteiger partial charge in [0.25, 0.3) is 0 Å². The molecular weight excluding hydrogens is 462 g/mol. The SMILES string of the molecule is COc1ccc2c(-c3nc4ccc(N5CCC(N6CCC(N7CCCC7)CC6)CC5)cc4[nH]3)n[nH]c2c1. The lowest BCUT2D eigenvalue weighted by Gasteiger charge is -2.43. The smallest absolute Gasteiger partial charge is 0.159 e. The number of likely N-dealkylation sites (tertiary alicyclic amines) is 2. The van der Waals surface area contributed by atoms with E-state index in [0.717, 1.165) is 64.4 Å². The predicted octanol–water partition coefficient (Wildman–Crippen LogP) is 4.64. The Morgan fingerprint density at radius 1 is 0.811 bits per heavy atom. The highest BCUT2D eigenvalue weighted by atomic mass is 16.5. The zero-order chi connectivity index (χ0) is 24.8. The number of hydrogen-bond acceptors (Lipinski definition) is 6. The molecule has 5 heterocycles. The Balaban J connectivity index is 1.01. The van der Waals surface area contributed by atoms with Crippen LogP contribution in [0.25, 0.3) is 33.5 Å². The van der Waals surface area contributed by atoms with Crippen LogP contribution in [0.3, 0.4) is 0 Å². The maximum absolute atomic E-state index is 5.34. The number of anilines is 1. The van der Waals surface area contributed by atoms with Crippen molar-refractivity contribution >= 4 is 27.6 Å². The van der Waals surface area contributed by atoms with Crippen molar-refractivity contribution in [2.75, 3.05) is 51.3 Å². The van der Waals surface area contributed by atoms with E-state index in [0.29, 0.717) is 0 Å². The third kappa shape index (κ3) is 4.36. The summed E-state index contributed by atoms with van der Waals surface area (Å²) in [4.78, 5) is 16.5. The van der Waals surface area contributed by atoms with Gasteiger partial charge in [-0.1, -0.05) is 0 Å². The van der Waals surface area contributed by atoms with Crippen LogP contribution < -0.4 is 9.64 Å². The minimum Gasteiger partial charge on any atom is -0.497 e. The summed E-state index contributed by atoms with van der Waals surface area (Å²) in [7, 11) is 1.68. The number of nitrogens with zero attached hydrogens (tertiary/aromatic N) is 5. The van der Waals surface area contributed by atoms with Crippen molar-refractivity contribution in [2.24, 2.45) is 0 Å². The molecule has 2 aromatic heterocycles. The Morgan fingerprint density at radius 3 is 2.30 bits per heavy atom. The third-order valence-corrected chi connectivity index (χ3v) is 8.96. The number of nitrogens with one attached hydrogen (secondary N) is 2. The molecule has 3 aliphatic heterocycles. The predicted molar refractivity (Wildman–Crippen MR) is 148 cm³/mol. The summed E-state index contributed by atoms with van der Waals surface area (Å²) >= 11 is 0. The van der Waals surface area contributed by atoms with Gasteiger partial charge in [-0.15, -0.1) is 0 Å². The molecule has 7 rings (SSSR count). The number of methoxy groups -OCH3 is 1. The molecule has 8 nitrogen and oxygen atoms in total. The number of ether oxygens (including phenoxy) is 1. The zero-order valence-corrected chi connectivity index (χ0v) is 21.7. The maximum Gasteiger partial charge on any atom is 0.159 e. The Bertz CT molecular complexity index is 1370. The van der Waals surface area contributed by atoms with Crippen LogP contribution in [0.5, 0.6) is 5.75 Å². The standard InChI is InChI=1S/C29H37N7O/c1-37-23-5-6-24-26(19-23)32-33-28(24)29-30-25-7-4-22(18-27(25)31-29)36-16-10-21(11-17-36)35-14-8-20(9-15-35)34-12-2-3-13-34/h4-7,18-21H,2-3,8-17H2,1H3,(H,30,31)(H,32,33). The van der Waals surface area contributed by atoms with Gasteiger partial charge in [-0.3, -0.25) is 5.10 Å². The van der Waals surface area contributed by atoms with Gasteiger partial charge in [0.05, 0.1) is 23.7 Å². The molecule has 2 N–H and O–H groups in total. The summed E-state index contributed by atoms with van der Waals surface area (Å²) in [5.74, 6) is 1.60. The molecule has 37 heavy (non-hydrogen) atoms. The molecule has 3 fully saturated rings. The quantitative estimate of drug-likeness (QED) is 0.417. The Labute approximate surface area is 218 Å². The summed E-state index contributed by atoms with van der Waals surface area (Å²) in [5.41, 5.74) is 5.09. The van der Waals surface area contributed by atoms with Gasteiger partial charge < -0.3 is 24.4 Å². The van der Waals surface area contributed by atoms with Crippen molar-refractivity contribution in [2.45, 2.75) is 50.6 Å². The van der Waals surface area contributed by atoms with Gasteiger partial charge in [-0.25, -0.2) is 4.98 Å². The topological polar surface area (TPSA) is 76.3 Å². The van der Waals surface area contributed by atoms with Crippen LogP contribution >= 0.6 is 0 Å². The molecule has 0 bridgehead atoms. The summed E-state index contributed by atoms with van der Waals surface area (Å²) in [6.07, 6.45) is 8.03. The molecule has 0 atom stereocenters. The lowest BCUT2D eigenvalue weighted by Crippen LogP contribution is -2.50. The van der Waals surface area contributed by atoms with Crippen LogP contribution in [0.15, 0.2) is 36.4 Å². The second kappa shape index (κ2) is 9.65. The summed E-state index contributed by atoms with van der Waals surface area (Å²) in [6.45, 7) is 7.47. The largest absolute Gasteiger partial charge is 0.497 e. The molecule has 0 spiro atoms. The molecule has 4 aromatic rings. The molecular formula is C29H37N7O. The van der Waals surface area contributed by atoms with E-state index in [9.17, 15) is 0 Å². The van der Waals surface area contributed by atoms with Crippen molar-refractivity contribution in [1.29, 1.82) is 0 Å². The van der Waals surface area contributed by atoms with Crippen LogP contribution in [-0.4, -0.2) is 88.4 Å². The van der Waals surface area contributed by atoms with Crippen LogP contribution in [0.2, 0.25) is 0 Å². The second-order valence-corrected chi connectivity index (χ2v) is 11.0. The number of H-pyrrole nitrogens is 2. The van der Waals surface area contributed by atoms with E-state index in [1.54, 1.807) is 7.11 Å². The van der Waals surface area contributed by atoms with Crippen molar-refractivity contribution in [3.63, 3.8) is 0 Å². The Morgan fingerprint density at radius 2 is 1.54 bits per heavy atom. The fourth-order valence-electron chi connectivity index (χ4n) is 6.82. The van der Waals surface area contributed by atoms with Crippen molar-refractivity contribution < 1.29 is 4.74 Å². The van der Waals surface area contributed by atoms with E-state index < -0.39 is 0 Å². The van der Waals surface area contributed by atoms with E-state index in [1.807, 2.05) is 18.2 Å². The van der Waals surface area contributed by atoms with Gasteiger partial charge in [0.1, 0.15) is 11.4 Å². The van der Waals surface area contributed by atoms with Crippen LogP contribution in [-0.2, 0) is 0 Å². The monoisotopic (exact) mass is 499 g/mol. The number of aromatic nitrogens is 4. The van der Waals surface area contributed by atoms with Gasteiger partial charge in [0.2, 0.25) is 0 Å². The van der Waals surface area contributed by atoms with Gasteiger partial charge >= 0.3 is 0 Å². The summed E-state index contributed by atoms with van der Waals surface area (Å²) < 4.78 is 5.34. The fourth-order valence-corrected chi connectivity index (χ4v) is 6.82. The zero-order valence-electron chi connectivity index (χ0n) is 21.7. The first kappa shape index (κ1) is 23.0. The first-order valence-corrected chi connectivity index (χ1v) is 14.0. The normalized spacial score (nSPS) is 20.9. The Hall–Kier alpha value is -3.10. The van der Waals surface area contributed by atoms with Crippen molar-refractivity contribution in [3.05, 3.63) is 36.4 Å². The first-order valence-electron chi connectivity index (χ1n) is 14.0. The van der Waals surface area contributed by atoms with E-state index in [1.165, 1.54) is 70.4 Å².